The molecule has 0 radical (unpaired) electrons. The fourth-order valence-corrected chi connectivity index (χ4v) is 3.06. The van der Waals surface area contributed by atoms with Crippen molar-refractivity contribution < 1.29 is 18.8 Å². The number of carbonyl (C=O) groups is 1. The average Bonchev–Trinajstić information content (AvgIpc) is 2.27. The van der Waals surface area contributed by atoms with Gasteiger partial charge >= 0.3 is 5.97 Å². The molecule has 17 heavy (non-hydrogen) atoms. The number of rotatable bonds is 5. The third-order valence-corrected chi connectivity index (χ3v) is 4.34. The van der Waals surface area contributed by atoms with Gasteiger partial charge in [0, 0.05) is 0 Å². The molecular weight excluding hydrogens is 240 g/mol. The second-order valence-corrected chi connectivity index (χ2v) is 5.49. The standard InChI is InChI=1S/C12H16O4S/c1-8(2)11(12(13)14)17(15)10-7-5-4-6-9(10)16-3/h4-8,11H,1-3H3,(H,13,14). The molecule has 0 fully saturated rings. The molecule has 0 amide bonds. The van der Waals surface area contributed by atoms with Crippen LogP contribution in [-0.4, -0.2) is 27.6 Å². The minimum Gasteiger partial charge on any atom is -0.495 e. The lowest BCUT2D eigenvalue weighted by molar-refractivity contribution is -0.137. The maximum Gasteiger partial charge on any atom is 0.319 e. The Balaban J connectivity index is 3.14. The van der Waals surface area contributed by atoms with Crippen molar-refractivity contribution in [2.45, 2.75) is 24.0 Å². The summed E-state index contributed by atoms with van der Waals surface area (Å²) in [6.07, 6.45) is 0. The summed E-state index contributed by atoms with van der Waals surface area (Å²) in [6, 6.07) is 6.78. The van der Waals surface area contributed by atoms with Crippen molar-refractivity contribution in [1.29, 1.82) is 0 Å². The van der Waals surface area contributed by atoms with Gasteiger partial charge in [0.15, 0.2) is 0 Å². The summed E-state index contributed by atoms with van der Waals surface area (Å²) in [5.41, 5.74) is 0. The first-order chi connectivity index (χ1) is 7.99. The molecule has 2 atom stereocenters. The number of benzene rings is 1. The van der Waals surface area contributed by atoms with Crippen molar-refractivity contribution in [3.05, 3.63) is 24.3 Å². The van der Waals surface area contributed by atoms with Crippen molar-refractivity contribution in [2.75, 3.05) is 7.11 Å². The maximum absolute atomic E-state index is 12.3. The van der Waals surface area contributed by atoms with Gasteiger partial charge in [-0.25, -0.2) is 0 Å². The second kappa shape index (κ2) is 5.82. The normalized spacial score (nSPS) is 14.4. The van der Waals surface area contributed by atoms with E-state index in [-0.39, 0.29) is 5.92 Å². The maximum atomic E-state index is 12.3. The summed E-state index contributed by atoms with van der Waals surface area (Å²) in [7, 11) is -0.144. The molecule has 0 aliphatic heterocycles. The van der Waals surface area contributed by atoms with Crippen LogP contribution in [0.15, 0.2) is 29.2 Å². The monoisotopic (exact) mass is 256 g/mol. The van der Waals surface area contributed by atoms with E-state index in [0.29, 0.717) is 10.6 Å². The molecule has 0 aliphatic carbocycles. The summed E-state index contributed by atoms with van der Waals surface area (Å²) >= 11 is 0. The molecule has 0 bridgehead atoms. The van der Waals surface area contributed by atoms with Gasteiger partial charge in [-0.3, -0.25) is 9.00 Å². The Kier molecular flexibility index (Phi) is 4.69. The van der Waals surface area contributed by atoms with E-state index in [1.807, 2.05) is 0 Å². The Hall–Kier alpha value is -1.36. The highest BCUT2D eigenvalue weighted by Crippen LogP contribution is 2.26. The Morgan fingerprint density at radius 3 is 2.41 bits per heavy atom. The number of aliphatic carboxylic acids is 1. The third kappa shape index (κ3) is 3.06. The summed E-state index contributed by atoms with van der Waals surface area (Å²) in [4.78, 5) is 11.5. The number of ether oxygens (including phenoxy) is 1. The molecule has 0 heterocycles. The van der Waals surface area contributed by atoms with E-state index in [4.69, 9.17) is 9.84 Å². The molecule has 1 aromatic carbocycles. The fourth-order valence-electron chi connectivity index (χ4n) is 1.55. The second-order valence-electron chi connectivity index (χ2n) is 3.95. The zero-order valence-electron chi connectivity index (χ0n) is 10.0. The van der Waals surface area contributed by atoms with Gasteiger partial charge in [0.1, 0.15) is 11.0 Å². The van der Waals surface area contributed by atoms with Crippen molar-refractivity contribution in [3.8, 4) is 5.75 Å². The zero-order valence-corrected chi connectivity index (χ0v) is 10.9. The van der Waals surface area contributed by atoms with Crippen molar-refractivity contribution in [3.63, 3.8) is 0 Å². The van der Waals surface area contributed by atoms with Gasteiger partial charge in [-0.2, -0.15) is 0 Å². The third-order valence-electron chi connectivity index (χ3n) is 2.37. The van der Waals surface area contributed by atoms with Crippen LogP contribution < -0.4 is 4.74 Å². The number of carboxylic acids is 1. The SMILES string of the molecule is COc1ccccc1S(=O)C(C(=O)O)C(C)C. The molecule has 0 saturated heterocycles. The van der Waals surface area contributed by atoms with Crippen LogP contribution in [0.25, 0.3) is 0 Å². The average molecular weight is 256 g/mol. The molecule has 0 aromatic heterocycles. The molecule has 5 heteroatoms. The Bertz CT molecular complexity index is 428. The molecule has 0 spiro atoms. The molecule has 1 aromatic rings. The van der Waals surface area contributed by atoms with Crippen LogP contribution in [-0.2, 0) is 15.6 Å². The summed E-state index contributed by atoms with van der Waals surface area (Å²) in [6.45, 7) is 3.48. The molecule has 94 valence electrons. The van der Waals surface area contributed by atoms with Crippen LogP contribution in [0.4, 0.5) is 0 Å². The molecule has 2 unspecified atom stereocenters. The first-order valence-corrected chi connectivity index (χ1v) is 6.46. The van der Waals surface area contributed by atoms with Crippen LogP contribution in [0.1, 0.15) is 13.8 Å². The van der Waals surface area contributed by atoms with E-state index < -0.39 is 22.0 Å². The molecular formula is C12H16O4S. The first-order valence-electron chi connectivity index (χ1n) is 5.25. The lowest BCUT2D eigenvalue weighted by Crippen LogP contribution is -2.31. The van der Waals surface area contributed by atoms with Crippen LogP contribution in [0, 0.1) is 5.92 Å². The minimum atomic E-state index is -1.62. The smallest absolute Gasteiger partial charge is 0.319 e. The number of hydrogen-bond donors (Lipinski definition) is 1. The van der Waals surface area contributed by atoms with E-state index in [9.17, 15) is 9.00 Å². The van der Waals surface area contributed by atoms with Crippen molar-refractivity contribution in [1.82, 2.24) is 0 Å². The number of para-hydroxylation sites is 1. The van der Waals surface area contributed by atoms with Gasteiger partial charge in [-0.1, -0.05) is 26.0 Å². The molecule has 1 N–H and O–H groups in total. The summed E-state index contributed by atoms with van der Waals surface area (Å²) in [5, 5.41) is 8.18. The van der Waals surface area contributed by atoms with Gasteiger partial charge in [0.05, 0.1) is 22.8 Å². The largest absolute Gasteiger partial charge is 0.495 e. The molecule has 1 rings (SSSR count). The van der Waals surface area contributed by atoms with E-state index in [1.54, 1.807) is 38.1 Å². The lowest BCUT2D eigenvalue weighted by Gasteiger charge is -2.17. The Morgan fingerprint density at radius 1 is 1.35 bits per heavy atom. The predicted octanol–water partition coefficient (Wildman–Crippen LogP) is 1.91. The van der Waals surface area contributed by atoms with E-state index in [0.717, 1.165) is 0 Å². The van der Waals surface area contributed by atoms with Crippen molar-refractivity contribution >= 4 is 16.8 Å². The highest BCUT2D eigenvalue weighted by atomic mass is 32.2. The number of carboxylic acid groups (broad SMARTS) is 1. The summed E-state index contributed by atoms with van der Waals surface area (Å²) < 4.78 is 17.3. The Labute approximate surface area is 103 Å². The number of hydrogen-bond acceptors (Lipinski definition) is 3. The van der Waals surface area contributed by atoms with Gasteiger partial charge < -0.3 is 9.84 Å². The molecule has 0 saturated carbocycles. The first kappa shape index (κ1) is 13.7. The van der Waals surface area contributed by atoms with Crippen LogP contribution >= 0.6 is 0 Å². The lowest BCUT2D eigenvalue weighted by atomic mass is 10.1. The van der Waals surface area contributed by atoms with E-state index in [1.165, 1.54) is 7.11 Å². The fraction of sp³-hybridized carbons (Fsp3) is 0.417. The molecule has 4 nitrogen and oxygen atoms in total. The number of methoxy groups -OCH3 is 1. The van der Waals surface area contributed by atoms with Crippen LogP contribution in [0.2, 0.25) is 0 Å². The van der Waals surface area contributed by atoms with Gasteiger partial charge in [-0.05, 0) is 18.1 Å². The highest BCUT2D eigenvalue weighted by Gasteiger charge is 2.30. The summed E-state index contributed by atoms with van der Waals surface area (Å²) in [5.74, 6) is -0.805. The quantitative estimate of drug-likeness (QED) is 0.874. The topological polar surface area (TPSA) is 63.6 Å². The van der Waals surface area contributed by atoms with Gasteiger partial charge in [0.25, 0.3) is 0 Å². The van der Waals surface area contributed by atoms with E-state index >= 15 is 0 Å². The molecule has 0 aliphatic rings. The van der Waals surface area contributed by atoms with Crippen LogP contribution in [0.5, 0.6) is 5.75 Å². The van der Waals surface area contributed by atoms with Gasteiger partial charge in [-0.15, -0.1) is 0 Å². The van der Waals surface area contributed by atoms with Crippen molar-refractivity contribution in [2.24, 2.45) is 5.92 Å². The van der Waals surface area contributed by atoms with E-state index in [2.05, 4.69) is 0 Å². The minimum absolute atomic E-state index is 0.210. The predicted molar refractivity (Wildman–Crippen MR) is 65.7 cm³/mol. The Morgan fingerprint density at radius 2 is 1.94 bits per heavy atom. The zero-order chi connectivity index (χ0) is 13.0. The highest BCUT2D eigenvalue weighted by molar-refractivity contribution is 7.86. The van der Waals surface area contributed by atoms with Gasteiger partial charge in [0.2, 0.25) is 0 Å². The van der Waals surface area contributed by atoms with Crippen LogP contribution in [0.3, 0.4) is 0 Å².